The summed E-state index contributed by atoms with van der Waals surface area (Å²) in [4.78, 5) is 15.4. The Hall–Kier alpha value is -1.68. The Labute approximate surface area is 109 Å². The van der Waals surface area contributed by atoms with Gasteiger partial charge in [0, 0.05) is 16.6 Å². The highest BCUT2D eigenvalue weighted by Gasteiger charge is 2.44. The summed E-state index contributed by atoms with van der Waals surface area (Å²) in [5.74, 6) is -0.697. The summed E-state index contributed by atoms with van der Waals surface area (Å²) in [7, 11) is 0. The molecule has 0 spiro atoms. The van der Waals surface area contributed by atoms with Gasteiger partial charge in [-0.15, -0.1) is 11.3 Å². The number of carboxylic acids is 1. The zero-order chi connectivity index (χ0) is 12.7. The standard InChI is InChI=1S/C14H13NO2S/c1-8-7-18-13(15-8)10-4-2-3-9(5-10)11-6-12(11)14(16)17/h2-5,7,11-12H,6H2,1H3,(H,16,17). The summed E-state index contributed by atoms with van der Waals surface area (Å²) >= 11 is 1.62. The molecule has 3 nitrogen and oxygen atoms in total. The second-order valence-electron chi connectivity index (χ2n) is 4.71. The number of carbonyl (C=O) groups is 1. The monoisotopic (exact) mass is 259 g/mol. The molecule has 4 heteroatoms. The molecule has 3 rings (SSSR count). The van der Waals surface area contributed by atoms with E-state index in [9.17, 15) is 4.79 Å². The highest BCUT2D eigenvalue weighted by atomic mass is 32.1. The highest BCUT2D eigenvalue weighted by molar-refractivity contribution is 7.13. The van der Waals surface area contributed by atoms with Crippen LogP contribution in [-0.4, -0.2) is 16.1 Å². The van der Waals surface area contributed by atoms with Crippen LogP contribution in [0, 0.1) is 12.8 Å². The van der Waals surface area contributed by atoms with Gasteiger partial charge in [0.2, 0.25) is 0 Å². The topological polar surface area (TPSA) is 50.2 Å². The zero-order valence-electron chi connectivity index (χ0n) is 9.96. The van der Waals surface area contributed by atoms with Gasteiger partial charge >= 0.3 is 5.97 Å². The van der Waals surface area contributed by atoms with E-state index in [0.29, 0.717) is 0 Å². The lowest BCUT2D eigenvalue weighted by molar-refractivity contribution is -0.138. The molecule has 0 saturated heterocycles. The fourth-order valence-electron chi connectivity index (χ4n) is 2.23. The fraction of sp³-hybridized carbons (Fsp3) is 0.286. The lowest BCUT2D eigenvalue weighted by Gasteiger charge is -2.01. The lowest BCUT2D eigenvalue weighted by Crippen LogP contribution is -1.98. The number of aryl methyl sites for hydroxylation is 1. The van der Waals surface area contributed by atoms with Crippen LogP contribution in [-0.2, 0) is 4.79 Å². The summed E-state index contributed by atoms with van der Waals surface area (Å²) in [5, 5.41) is 12.0. The summed E-state index contributed by atoms with van der Waals surface area (Å²) in [5.41, 5.74) is 3.23. The maximum atomic E-state index is 10.9. The minimum atomic E-state index is -0.685. The van der Waals surface area contributed by atoms with Gasteiger partial charge in [0.1, 0.15) is 5.01 Å². The van der Waals surface area contributed by atoms with Gasteiger partial charge in [-0.25, -0.2) is 4.98 Å². The van der Waals surface area contributed by atoms with Gasteiger partial charge < -0.3 is 5.11 Å². The van der Waals surface area contributed by atoms with Crippen LogP contribution in [0.3, 0.4) is 0 Å². The summed E-state index contributed by atoms with van der Waals surface area (Å²) in [6.07, 6.45) is 0.760. The molecule has 18 heavy (non-hydrogen) atoms. The van der Waals surface area contributed by atoms with E-state index in [1.54, 1.807) is 11.3 Å². The Morgan fingerprint density at radius 1 is 1.50 bits per heavy atom. The van der Waals surface area contributed by atoms with Crippen LogP contribution in [0.2, 0.25) is 0 Å². The number of thiazole rings is 1. The van der Waals surface area contributed by atoms with Gasteiger partial charge in [-0.05, 0) is 30.9 Å². The number of rotatable bonds is 3. The van der Waals surface area contributed by atoms with Crippen LogP contribution >= 0.6 is 11.3 Å². The second-order valence-corrected chi connectivity index (χ2v) is 5.56. The molecule has 0 bridgehead atoms. The van der Waals surface area contributed by atoms with E-state index in [2.05, 4.69) is 11.1 Å². The van der Waals surface area contributed by atoms with Gasteiger partial charge in [-0.1, -0.05) is 18.2 Å². The Morgan fingerprint density at radius 2 is 2.33 bits per heavy atom. The van der Waals surface area contributed by atoms with E-state index in [0.717, 1.165) is 28.2 Å². The third-order valence-corrected chi connectivity index (χ3v) is 4.30. The lowest BCUT2D eigenvalue weighted by atomic mass is 10.1. The van der Waals surface area contributed by atoms with E-state index >= 15 is 0 Å². The summed E-state index contributed by atoms with van der Waals surface area (Å²) < 4.78 is 0. The molecule has 1 fully saturated rings. The maximum absolute atomic E-state index is 10.9. The van der Waals surface area contributed by atoms with Crippen LogP contribution in [0.1, 0.15) is 23.6 Å². The average molecular weight is 259 g/mol. The van der Waals surface area contributed by atoms with Crippen molar-refractivity contribution in [3.05, 3.63) is 40.9 Å². The number of hydrogen-bond acceptors (Lipinski definition) is 3. The maximum Gasteiger partial charge on any atom is 0.307 e. The summed E-state index contributed by atoms with van der Waals surface area (Å²) in [6, 6.07) is 8.10. The second kappa shape index (κ2) is 4.21. The van der Waals surface area contributed by atoms with Crippen molar-refractivity contribution in [2.24, 2.45) is 5.92 Å². The van der Waals surface area contributed by atoms with Gasteiger partial charge in [-0.3, -0.25) is 4.79 Å². The Morgan fingerprint density at radius 3 is 2.94 bits per heavy atom. The first-order valence-electron chi connectivity index (χ1n) is 5.90. The van der Waals surface area contributed by atoms with Crippen molar-refractivity contribution in [2.45, 2.75) is 19.3 Å². The van der Waals surface area contributed by atoms with Crippen LogP contribution < -0.4 is 0 Å². The molecule has 1 N–H and O–H groups in total. The van der Waals surface area contributed by atoms with Crippen LogP contribution in [0.5, 0.6) is 0 Å². The number of aliphatic carboxylic acids is 1. The average Bonchev–Trinajstić information content (AvgIpc) is 3.06. The molecule has 1 aliphatic rings. The van der Waals surface area contributed by atoms with Crippen molar-refractivity contribution in [1.29, 1.82) is 0 Å². The van der Waals surface area contributed by atoms with E-state index < -0.39 is 5.97 Å². The van der Waals surface area contributed by atoms with Gasteiger partial charge in [0.05, 0.1) is 5.92 Å². The van der Waals surface area contributed by atoms with Crippen LogP contribution in [0.4, 0.5) is 0 Å². The van der Waals surface area contributed by atoms with Crippen molar-refractivity contribution in [2.75, 3.05) is 0 Å². The molecule has 2 unspecified atom stereocenters. The Bertz CT molecular complexity index is 605. The van der Waals surface area contributed by atoms with Crippen molar-refractivity contribution in [1.82, 2.24) is 4.98 Å². The first-order chi connectivity index (χ1) is 8.65. The van der Waals surface area contributed by atoms with E-state index in [1.165, 1.54) is 0 Å². The van der Waals surface area contributed by atoms with Crippen molar-refractivity contribution in [3.63, 3.8) is 0 Å². The molecule has 2 aromatic rings. The van der Waals surface area contributed by atoms with Crippen molar-refractivity contribution in [3.8, 4) is 10.6 Å². The van der Waals surface area contributed by atoms with Gasteiger partial charge in [0.15, 0.2) is 0 Å². The van der Waals surface area contributed by atoms with E-state index in [1.807, 2.05) is 30.5 Å². The number of benzene rings is 1. The Kier molecular flexibility index (Phi) is 2.67. The van der Waals surface area contributed by atoms with E-state index in [4.69, 9.17) is 5.11 Å². The number of carboxylic acid groups (broad SMARTS) is 1. The SMILES string of the molecule is Cc1csc(-c2cccc(C3CC3C(=O)O)c2)n1. The number of hydrogen-bond donors (Lipinski definition) is 1. The first kappa shape index (κ1) is 11.4. The number of nitrogens with zero attached hydrogens (tertiary/aromatic N) is 1. The molecule has 1 aliphatic carbocycles. The third-order valence-electron chi connectivity index (χ3n) is 3.29. The predicted molar refractivity (Wildman–Crippen MR) is 70.8 cm³/mol. The number of aromatic nitrogens is 1. The molecule has 1 heterocycles. The van der Waals surface area contributed by atoms with Crippen molar-refractivity contribution < 1.29 is 9.90 Å². The molecular weight excluding hydrogens is 246 g/mol. The smallest absolute Gasteiger partial charge is 0.307 e. The molecule has 0 radical (unpaired) electrons. The molecule has 1 aromatic heterocycles. The van der Waals surface area contributed by atoms with Crippen LogP contribution in [0.25, 0.3) is 10.6 Å². The normalized spacial score (nSPS) is 21.8. The summed E-state index contributed by atoms with van der Waals surface area (Å²) in [6.45, 7) is 1.98. The van der Waals surface area contributed by atoms with E-state index in [-0.39, 0.29) is 11.8 Å². The molecule has 1 aromatic carbocycles. The third kappa shape index (κ3) is 2.04. The van der Waals surface area contributed by atoms with Crippen LogP contribution in [0.15, 0.2) is 29.6 Å². The largest absolute Gasteiger partial charge is 0.481 e. The molecule has 0 amide bonds. The predicted octanol–water partition coefficient (Wildman–Crippen LogP) is 3.31. The van der Waals surface area contributed by atoms with Gasteiger partial charge in [0.25, 0.3) is 0 Å². The molecule has 1 saturated carbocycles. The quantitative estimate of drug-likeness (QED) is 0.920. The first-order valence-corrected chi connectivity index (χ1v) is 6.78. The highest BCUT2D eigenvalue weighted by Crippen LogP contribution is 2.48. The minimum absolute atomic E-state index is 0.184. The molecule has 2 atom stereocenters. The van der Waals surface area contributed by atoms with Gasteiger partial charge in [-0.2, -0.15) is 0 Å². The zero-order valence-corrected chi connectivity index (χ0v) is 10.8. The van der Waals surface area contributed by atoms with Crippen molar-refractivity contribution >= 4 is 17.3 Å². The molecular formula is C14H13NO2S. The fourth-order valence-corrected chi connectivity index (χ4v) is 3.02. The molecule has 92 valence electrons. The Balaban J connectivity index is 1.89. The molecule has 0 aliphatic heterocycles. The minimum Gasteiger partial charge on any atom is -0.481 e.